The van der Waals surface area contributed by atoms with E-state index in [1.807, 2.05) is 30.3 Å². The van der Waals surface area contributed by atoms with Gasteiger partial charge in [-0.15, -0.1) is 0 Å². The second-order valence-corrected chi connectivity index (χ2v) is 2.57. The van der Waals surface area contributed by atoms with Gasteiger partial charge < -0.3 is 5.11 Å². The van der Waals surface area contributed by atoms with Crippen molar-refractivity contribution in [2.24, 2.45) is 0 Å². The first-order valence-electron chi connectivity index (χ1n) is 3.65. The van der Waals surface area contributed by atoms with Gasteiger partial charge in [-0.2, -0.15) is 0 Å². The number of benzene rings is 1. The normalized spacial score (nSPS) is 8.62. The van der Waals surface area contributed by atoms with Gasteiger partial charge in [0.15, 0.2) is 0 Å². The van der Waals surface area contributed by atoms with E-state index in [0.29, 0.717) is 6.42 Å². The molecule has 1 rings (SSSR count). The van der Waals surface area contributed by atoms with E-state index in [0.717, 1.165) is 5.56 Å². The molecule has 13 heavy (non-hydrogen) atoms. The maximum absolute atomic E-state index is 10.4. The van der Waals surface area contributed by atoms with Gasteiger partial charge in [0.05, 0.1) is 0 Å². The summed E-state index contributed by atoms with van der Waals surface area (Å²) in [6, 6.07) is 9.42. The third-order valence-corrected chi connectivity index (χ3v) is 1.56. The summed E-state index contributed by atoms with van der Waals surface area (Å²) in [5.41, 5.74) is 1.20. The standard InChI is InChI=1S/C10H10O2.Na.H/c1-8(10(11)12)7-9-5-3-2-4-6-9;;/h2-6H,1,7H2,(H,11,12);;. The average Bonchev–Trinajstić information content (AvgIpc) is 2.06. The molecule has 0 heterocycles. The van der Waals surface area contributed by atoms with Crippen molar-refractivity contribution in [3.8, 4) is 0 Å². The number of carboxylic acid groups (broad SMARTS) is 1. The van der Waals surface area contributed by atoms with Crippen LogP contribution in [-0.4, -0.2) is 40.6 Å². The Balaban J connectivity index is 0.00000144. The zero-order valence-corrected chi connectivity index (χ0v) is 6.66. The summed E-state index contributed by atoms with van der Waals surface area (Å²) >= 11 is 0. The predicted octanol–water partition coefficient (Wildman–Crippen LogP) is 1.22. The molecule has 0 unspecified atom stereocenters. The molecule has 3 heteroatoms. The van der Waals surface area contributed by atoms with Gasteiger partial charge in [-0.05, 0) is 5.56 Å². The van der Waals surface area contributed by atoms with E-state index in [9.17, 15) is 4.79 Å². The van der Waals surface area contributed by atoms with Crippen LogP contribution in [0, 0.1) is 0 Å². The summed E-state index contributed by atoms with van der Waals surface area (Å²) in [5.74, 6) is -0.932. The van der Waals surface area contributed by atoms with Crippen molar-refractivity contribution in [3.05, 3.63) is 48.0 Å². The van der Waals surface area contributed by atoms with Crippen molar-refractivity contribution < 1.29 is 9.90 Å². The molecule has 0 aromatic heterocycles. The van der Waals surface area contributed by atoms with Crippen LogP contribution in [0.15, 0.2) is 42.5 Å². The van der Waals surface area contributed by atoms with Crippen molar-refractivity contribution in [2.75, 3.05) is 0 Å². The number of carbonyl (C=O) groups is 1. The number of carboxylic acids is 1. The molecule has 1 aromatic rings. The molecule has 1 N–H and O–H groups in total. The molecule has 0 fully saturated rings. The minimum atomic E-state index is -0.932. The summed E-state index contributed by atoms with van der Waals surface area (Å²) in [6.07, 6.45) is 0.413. The summed E-state index contributed by atoms with van der Waals surface area (Å²) in [6.45, 7) is 3.45. The fourth-order valence-electron chi connectivity index (χ4n) is 0.918. The molecule has 0 saturated carbocycles. The summed E-state index contributed by atoms with van der Waals surface area (Å²) in [7, 11) is 0. The SMILES string of the molecule is C=C(Cc1ccccc1)C(=O)O.[NaH]. The van der Waals surface area contributed by atoms with E-state index in [4.69, 9.17) is 5.11 Å². The van der Waals surface area contributed by atoms with Gasteiger partial charge in [0.2, 0.25) is 0 Å². The number of aliphatic carboxylic acids is 1. The van der Waals surface area contributed by atoms with Crippen LogP contribution in [0.1, 0.15) is 5.56 Å². The van der Waals surface area contributed by atoms with Crippen LogP contribution in [0.5, 0.6) is 0 Å². The van der Waals surface area contributed by atoms with Crippen molar-refractivity contribution >= 4 is 35.5 Å². The molecule has 0 bridgehead atoms. The van der Waals surface area contributed by atoms with Crippen molar-refractivity contribution in [1.82, 2.24) is 0 Å². The third kappa shape index (κ3) is 4.27. The molecule has 0 amide bonds. The van der Waals surface area contributed by atoms with Crippen LogP contribution in [0.25, 0.3) is 0 Å². The molecule has 0 aliphatic rings. The molecule has 0 aliphatic heterocycles. The van der Waals surface area contributed by atoms with E-state index < -0.39 is 5.97 Å². The molecular formula is C10H11NaO2. The second-order valence-electron chi connectivity index (χ2n) is 2.57. The first-order chi connectivity index (χ1) is 5.70. The molecule has 0 saturated heterocycles. The number of rotatable bonds is 3. The first kappa shape index (κ1) is 12.4. The number of hydrogen-bond acceptors (Lipinski definition) is 1. The quantitative estimate of drug-likeness (QED) is 0.569. The Hall–Kier alpha value is -0.570. The van der Waals surface area contributed by atoms with Gasteiger partial charge in [0, 0.05) is 12.0 Å². The van der Waals surface area contributed by atoms with Crippen molar-refractivity contribution in [3.63, 3.8) is 0 Å². The molecule has 0 spiro atoms. The zero-order chi connectivity index (χ0) is 8.97. The Labute approximate surface area is 99.6 Å². The van der Waals surface area contributed by atoms with Gasteiger partial charge in [0.1, 0.15) is 0 Å². The van der Waals surface area contributed by atoms with Crippen molar-refractivity contribution in [1.29, 1.82) is 0 Å². The van der Waals surface area contributed by atoms with E-state index in [-0.39, 0.29) is 35.1 Å². The number of hydrogen-bond donors (Lipinski definition) is 1. The Bertz CT molecular complexity index is 293. The summed E-state index contributed by atoms with van der Waals surface area (Å²) in [5, 5.41) is 8.54. The minimum absolute atomic E-state index is 0. The monoisotopic (exact) mass is 186 g/mol. The fourth-order valence-corrected chi connectivity index (χ4v) is 0.918. The van der Waals surface area contributed by atoms with Crippen LogP contribution in [0.4, 0.5) is 0 Å². The van der Waals surface area contributed by atoms with Gasteiger partial charge in [-0.3, -0.25) is 0 Å². The molecule has 2 nitrogen and oxygen atoms in total. The Morgan fingerprint density at radius 2 is 1.85 bits per heavy atom. The molecule has 1 aromatic carbocycles. The first-order valence-corrected chi connectivity index (χ1v) is 3.65. The predicted molar refractivity (Wildman–Crippen MR) is 54.1 cm³/mol. The van der Waals surface area contributed by atoms with Gasteiger partial charge in [0.25, 0.3) is 0 Å². The summed E-state index contributed by atoms with van der Waals surface area (Å²) in [4.78, 5) is 10.4. The third-order valence-electron chi connectivity index (χ3n) is 1.56. The van der Waals surface area contributed by atoms with E-state index in [2.05, 4.69) is 6.58 Å². The van der Waals surface area contributed by atoms with Gasteiger partial charge >= 0.3 is 35.5 Å². The second kappa shape index (κ2) is 5.97. The summed E-state index contributed by atoms with van der Waals surface area (Å²) < 4.78 is 0. The molecule has 64 valence electrons. The molecule has 0 radical (unpaired) electrons. The average molecular weight is 186 g/mol. The Morgan fingerprint density at radius 1 is 1.31 bits per heavy atom. The Kier molecular flexibility index (Phi) is 5.71. The van der Waals surface area contributed by atoms with Crippen LogP contribution >= 0.6 is 0 Å². The molecule has 0 atom stereocenters. The topological polar surface area (TPSA) is 37.3 Å². The van der Waals surface area contributed by atoms with Crippen molar-refractivity contribution in [2.45, 2.75) is 6.42 Å². The fraction of sp³-hybridized carbons (Fsp3) is 0.100. The van der Waals surface area contributed by atoms with Crippen LogP contribution in [0.2, 0.25) is 0 Å². The van der Waals surface area contributed by atoms with E-state index in [1.165, 1.54) is 0 Å². The van der Waals surface area contributed by atoms with Crippen LogP contribution in [-0.2, 0) is 11.2 Å². The molecular weight excluding hydrogens is 175 g/mol. The van der Waals surface area contributed by atoms with Crippen LogP contribution in [0.3, 0.4) is 0 Å². The zero-order valence-electron chi connectivity index (χ0n) is 6.66. The van der Waals surface area contributed by atoms with E-state index >= 15 is 0 Å². The van der Waals surface area contributed by atoms with E-state index in [1.54, 1.807) is 0 Å². The molecule has 0 aliphatic carbocycles. The van der Waals surface area contributed by atoms with Gasteiger partial charge in [-0.25, -0.2) is 4.79 Å². The Morgan fingerprint density at radius 3 is 2.31 bits per heavy atom. The van der Waals surface area contributed by atoms with Gasteiger partial charge in [-0.1, -0.05) is 36.9 Å². The maximum atomic E-state index is 10.4. The van der Waals surface area contributed by atoms with Crippen LogP contribution < -0.4 is 0 Å².